The highest BCUT2D eigenvalue weighted by molar-refractivity contribution is 9.10. The number of pyridine rings is 1. The summed E-state index contributed by atoms with van der Waals surface area (Å²) in [5, 5.41) is 4.01. The van der Waals surface area contributed by atoms with Gasteiger partial charge in [-0.25, -0.2) is 5.43 Å². The molecular weight excluding hydrogens is 334 g/mol. The molecular formula is C15H14BrN3O2. The number of nitrogens with zero attached hydrogens (tertiary/aromatic N) is 2. The van der Waals surface area contributed by atoms with Gasteiger partial charge in [-0.1, -0.05) is 28.1 Å². The van der Waals surface area contributed by atoms with Crippen LogP contribution in [0.1, 0.15) is 12.5 Å². The molecule has 0 saturated carbocycles. The van der Waals surface area contributed by atoms with E-state index < -0.39 is 0 Å². The maximum Gasteiger partial charge on any atom is 0.277 e. The molecule has 1 aromatic carbocycles. The van der Waals surface area contributed by atoms with Gasteiger partial charge in [0.1, 0.15) is 5.75 Å². The first-order chi connectivity index (χ1) is 10.1. The lowest BCUT2D eigenvalue weighted by Crippen LogP contribution is -2.25. The molecule has 0 saturated heterocycles. The Morgan fingerprint density at radius 3 is 2.95 bits per heavy atom. The van der Waals surface area contributed by atoms with Gasteiger partial charge in [0, 0.05) is 22.4 Å². The van der Waals surface area contributed by atoms with Crippen LogP contribution in [0.25, 0.3) is 0 Å². The van der Waals surface area contributed by atoms with E-state index in [-0.39, 0.29) is 12.5 Å². The van der Waals surface area contributed by atoms with E-state index in [4.69, 9.17) is 4.74 Å². The van der Waals surface area contributed by atoms with E-state index in [1.807, 2.05) is 24.3 Å². The molecule has 0 aliphatic carbocycles. The molecule has 6 heteroatoms. The fourth-order valence-corrected chi connectivity index (χ4v) is 1.90. The molecule has 0 fully saturated rings. The van der Waals surface area contributed by atoms with Gasteiger partial charge in [0.25, 0.3) is 5.91 Å². The predicted octanol–water partition coefficient (Wildman–Crippen LogP) is 2.76. The van der Waals surface area contributed by atoms with E-state index in [2.05, 4.69) is 31.4 Å². The molecule has 0 unspecified atom stereocenters. The summed E-state index contributed by atoms with van der Waals surface area (Å²) in [6, 6.07) is 11.0. The van der Waals surface area contributed by atoms with Crippen LogP contribution in [0.4, 0.5) is 0 Å². The Morgan fingerprint density at radius 1 is 1.38 bits per heavy atom. The molecule has 0 aliphatic rings. The second-order valence-electron chi connectivity index (χ2n) is 4.22. The fourth-order valence-electron chi connectivity index (χ4n) is 1.53. The number of aromatic nitrogens is 1. The Morgan fingerprint density at radius 2 is 2.24 bits per heavy atom. The average molecular weight is 348 g/mol. The van der Waals surface area contributed by atoms with Gasteiger partial charge in [-0.2, -0.15) is 5.10 Å². The van der Waals surface area contributed by atoms with Crippen LogP contribution < -0.4 is 10.2 Å². The third-order valence-corrected chi connectivity index (χ3v) is 3.09. The number of amides is 1. The van der Waals surface area contributed by atoms with Crippen molar-refractivity contribution in [2.24, 2.45) is 5.10 Å². The Kier molecular flexibility index (Phi) is 5.45. The molecule has 5 nitrogen and oxygen atoms in total. The first kappa shape index (κ1) is 15.2. The number of halogens is 1. The normalized spacial score (nSPS) is 11.0. The van der Waals surface area contributed by atoms with Gasteiger partial charge >= 0.3 is 0 Å². The molecule has 1 heterocycles. The maximum atomic E-state index is 11.7. The summed E-state index contributed by atoms with van der Waals surface area (Å²) in [7, 11) is 0. The quantitative estimate of drug-likeness (QED) is 0.668. The Balaban J connectivity index is 1.85. The van der Waals surface area contributed by atoms with Crippen molar-refractivity contribution in [1.82, 2.24) is 10.4 Å². The van der Waals surface area contributed by atoms with Crippen LogP contribution in [0.3, 0.4) is 0 Å². The number of rotatable bonds is 5. The lowest BCUT2D eigenvalue weighted by molar-refractivity contribution is -0.123. The van der Waals surface area contributed by atoms with E-state index in [1.54, 1.807) is 31.5 Å². The van der Waals surface area contributed by atoms with Crippen molar-refractivity contribution in [3.05, 3.63) is 58.8 Å². The zero-order chi connectivity index (χ0) is 15.1. The Labute approximate surface area is 131 Å². The first-order valence-corrected chi connectivity index (χ1v) is 7.06. The van der Waals surface area contributed by atoms with E-state index >= 15 is 0 Å². The molecule has 0 spiro atoms. The van der Waals surface area contributed by atoms with Crippen molar-refractivity contribution >= 4 is 27.5 Å². The third kappa shape index (κ3) is 5.00. The molecule has 0 bridgehead atoms. The van der Waals surface area contributed by atoms with E-state index in [0.29, 0.717) is 11.5 Å². The van der Waals surface area contributed by atoms with Crippen LogP contribution in [0.2, 0.25) is 0 Å². The second kappa shape index (κ2) is 7.54. The van der Waals surface area contributed by atoms with E-state index in [0.717, 1.165) is 10.0 Å². The summed E-state index contributed by atoms with van der Waals surface area (Å²) >= 11 is 3.34. The van der Waals surface area contributed by atoms with Crippen LogP contribution in [-0.2, 0) is 4.79 Å². The minimum atomic E-state index is -0.321. The highest BCUT2D eigenvalue weighted by atomic mass is 79.9. The van der Waals surface area contributed by atoms with Crippen LogP contribution in [0.15, 0.2) is 58.4 Å². The molecule has 0 radical (unpaired) electrons. The second-order valence-corrected chi connectivity index (χ2v) is 5.14. The van der Waals surface area contributed by atoms with E-state index in [9.17, 15) is 4.79 Å². The maximum absolute atomic E-state index is 11.7. The summed E-state index contributed by atoms with van der Waals surface area (Å²) < 4.78 is 6.26. The largest absolute Gasteiger partial charge is 0.484 e. The average Bonchev–Trinajstić information content (AvgIpc) is 2.51. The number of hydrogen-bond acceptors (Lipinski definition) is 4. The van der Waals surface area contributed by atoms with Crippen molar-refractivity contribution < 1.29 is 9.53 Å². The number of nitrogens with one attached hydrogen (secondary N) is 1. The summed E-state index contributed by atoms with van der Waals surface area (Å²) in [6.45, 7) is 1.70. The fraction of sp³-hybridized carbons (Fsp3) is 0.133. The zero-order valence-electron chi connectivity index (χ0n) is 11.4. The molecule has 0 aliphatic heterocycles. The topological polar surface area (TPSA) is 63.6 Å². The van der Waals surface area contributed by atoms with Gasteiger partial charge in [-0.05, 0) is 31.2 Å². The molecule has 108 valence electrons. The van der Waals surface area contributed by atoms with Crippen molar-refractivity contribution in [2.75, 3.05) is 6.61 Å². The van der Waals surface area contributed by atoms with Gasteiger partial charge in [0.05, 0.1) is 5.71 Å². The highest BCUT2D eigenvalue weighted by Crippen LogP contribution is 2.17. The van der Waals surface area contributed by atoms with Crippen LogP contribution in [0, 0.1) is 0 Å². The molecule has 1 N–H and O–H groups in total. The van der Waals surface area contributed by atoms with Crippen molar-refractivity contribution in [3.8, 4) is 5.75 Å². The first-order valence-electron chi connectivity index (χ1n) is 6.27. The molecule has 1 aromatic heterocycles. The highest BCUT2D eigenvalue weighted by Gasteiger charge is 2.03. The molecule has 2 rings (SSSR count). The van der Waals surface area contributed by atoms with Gasteiger partial charge in [0.15, 0.2) is 6.61 Å². The van der Waals surface area contributed by atoms with Crippen LogP contribution >= 0.6 is 15.9 Å². The number of carbonyl (C=O) groups is 1. The van der Waals surface area contributed by atoms with Crippen molar-refractivity contribution in [1.29, 1.82) is 0 Å². The molecule has 0 atom stereocenters. The minimum Gasteiger partial charge on any atom is -0.484 e. The summed E-state index contributed by atoms with van der Waals surface area (Å²) in [6.07, 6.45) is 3.37. The molecule has 2 aromatic rings. The van der Waals surface area contributed by atoms with Crippen molar-refractivity contribution in [2.45, 2.75) is 6.92 Å². The Bertz CT molecular complexity index is 644. The SMILES string of the molecule is C/C(=N\NC(=O)COc1cccc(Br)c1)c1cccnc1. The number of carbonyl (C=O) groups excluding carboxylic acids is 1. The monoisotopic (exact) mass is 347 g/mol. The third-order valence-electron chi connectivity index (χ3n) is 2.59. The van der Waals surface area contributed by atoms with Crippen LogP contribution in [0.5, 0.6) is 5.75 Å². The zero-order valence-corrected chi connectivity index (χ0v) is 13.0. The molecule has 21 heavy (non-hydrogen) atoms. The van der Waals surface area contributed by atoms with Gasteiger partial charge in [-0.3, -0.25) is 9.78 Å². The molecule has 1 amide bonds. The number of ether oxygens (including phenoxy) is 1. The predicted molar refractivity (Wildman–Crippen MR) is 84.2 cm³/mol. The number of hydrazone groups is 1. The van der Waals surface area contributed by atoms with Gasteiger partial charge in [-0.15, -0.1) is 0 Å². The van der Waals surface area contributed by atoms with E-state index in [1.165, 1.54) is 0 Å². The smallest absolute Gasteiger partial charge is 0.277 e. The minimum absolute atomic E-state index is 0.0970. The van der Waals surface area contributed by atoms with Gasteiger partial charge in [0.2, 0.25) is 0 Å². The number of hydrogen-bond donors (Lipinski definition) is 1. The standard InChI is InChI=1S/C15H14BrN3O2/c1-11(12-4-3-7-17-9-12)18-19-15(20)10-21-14-6-2-5-13(16)8-14/h2-9H,10H2,1H3,(H,19,20)/b18-11+. The Hall–Kier alpha value is -2.21. The summed E-state index contributed by atoms with van der Waals surface area (Å²) in [5.41, 5.74) is 3.98. The van der Waals surface area contributed by atoms with Gasteiger partial charge < -0.3 is 4.74 Å². The van der Waals surface area contributed by atoms with Crippen molar-refractivity contribution in [3.63, 3.8) is 0 Å². The lowest BCUT2D eigenvalue weighted by atomic mass is 10.2. The number of benzene rings is 1. The lowest BCUT2D eigenvalue weighted by Gasteiger charge is -2.06. The summed E-state index contributed by atoms with van der Waals surface area (Å²) in [5.74, 6) is 0.297. The summed E-state index contributed by atoms with van der Waals surface area (Å²) in [4.78, 5) is 15.7. The van der Waals surface area contributed by atoms with Crippen LogP contribution in [-0.4, -0.2) is 23.2 Å².